The molecule has 0 saturated heterocycles. The summed E-state index contributed by atoms with van der Waals surface area (Å²) in [5.41, 5.74) is 0.235. The van der Waals surface area contributed by atoms with Gasteiger partial charge in [0, 0.05) is 29.2 Å². The fraction of sp³-hybridized carbons (Fsp3) is 0.105. The van der Waals surface area contributed by atoms with Crippen molar-refractivity contribution in [1.29, 1.82) is 5.26 Å². The van der Waals surface area contributed by atoms with Gasteiger partial charge in [-0.1, -0.05) is 42.5 Å². The van der Waals surface area contributed by atoms with Crippen LogP contribution in [0.3, 0.4) is 0 Å². The van der Waals surface area contributed by atoms with Gasteiger partial charge in [-0.05, 0) is 24.3 Å². The summed E-state index contributed by atoms with van der Waals surface area (Å²) in [6.07, 6.45) is 4.43. The molecule has 2 aromatic carbocycles. The summed E-state index contributed by atoms with van der Waals surface area (Å²) < 4.78 is 0. The van der Waals surface area contributed by atoms with Crippen LogP contribution in [0.4, 0.5) is 11.4 Å². The van der Waals surface area contributed by atoms with Crippen LogP contribution in [-0.4, -0.2) is 10.6 Å². The number of nitriles is 1. The van der Waals surface area contributed by atoms with Gasteiger partial charge in [-0.15, -0.1) is 0 Å². The quantitative estimate of drug-likeness (QED) is 0.376. The van der Waals surface area contributed by atoms with Crippen LogP contribution in [0.15, 0.2) is 84.6 Å². The highest BCUT2D eigenvalue weighted by Crippen LogP contribution is 2.29. The minimum atomic E-state index is -1.62. The van der Waals surface area contributed by atoms with Crippen molar-refractivity contribution in [3.63, 3.8) is 0 Å². The highest BCUT2D eigenvalue weighted by Gasteiger charge is 2.42. The van der Waals surface area contributed by atoms with E-state index in [4.69, 9.17) is 0 Å². The van der Waals surface area contributed by atoms with Gasteiger partial charge in [-0.25, -0.2) is 0 Å². The summed E-state index contributed by atoms with van der Waals surface area (Å²) in [6, 6.07) is 20.4. The first-order chi connectivity index (χ1) is 12.1. The first-order valence-electron chi connectivity index (χ1n) is 7.74. The zero-order chi connectivity index (χ0) is 17.7. The molecule has 0 amide bonds. The van der Waals surface area contributed by atoms with Crippen LogP contribution in [0.25, 0.3) is 0 Å². The molecule has 2 N–H and O–H groups in total. The normalized spacial score (nSPS) is 21.7. The van der Waals surface area contributed by atoms with Crippen molar-refractivity contribution in [1.82, 2.24) is 0 Å². The molecule has 6 nitrogen and oxygen atoms in total. The Balaban J connectivity index is 1.97. The van der Waals surface area contributed by atoms with Crippen LogP contribution in [0.1, 0.15) is 0 Å². The Kier molecular flexibility index (Phi) is 4.48. The number of allylic oxidation sites excluding steroid dienone is 1. The number of rotatable bonds is 5. The van der Waals surface area contributed by atoms with Crippen molar-refractivity contribution in [3.05, 3.63) is 94.7 Å². The van der Waals surface area contributed by atoms with Gasteiger partial charge in [0.2, 0.25) is 0 Å². The molecule has 2 unspecified atom stereocenters. The van der Waals surface area contributed by atoms with E-state index < -0.39 is 16.5 Å². The lowest BCUT2D eigenvalue weighted by atomic mass is 9.93. The van der Waals surface area contributed by atoms with Crippen molar-refractivity contribution in [2.24, 2.45) is 5.92 Å². The van der Waals surface area contributed by atoms with Crippen molar-refractivity contribution < 1.29 is 4.92 Å². The monoisotopic (exact) mass is 332 g/mol. The average molecular weight is 332 g/mol. The fourth-order valence-corrected chi connectivity index (χ4v) is 2.63. The zero-order valence-corrected chi connectivity index (χ0v) is 13.3. The number of nitro groups is 1. The average Bonchev–Trinajstić information content (AvgIpc) is 2.63. The molecule has 6 heteroatoms. The maximum absolute atomic E-state index is 11.8. The van der Waals surface area contributed by atoms with Crippen LogP contribution >= 0.6 is 0 Å². The third-order valence-electron chi connectivity index (χ3n) is 3.88. The lowest BCUT2D eigenvalue weighted by Gasteiger charge is -2.27. The van der Waals surface area contributed by atoms with Crippen LogP contribution in [0, 0.1) is 27.4 Å². The highest BCUT2D eigenvalue weighted by atomic mass is 16.6. The van der Waals surface area contributed by atoms with E-state index >= 15 is 0 Å². The first-order valence-corrected chi connectivity index (χ1v) is 7.74. The number of para-hydroxylation sites is 2. The first kappa shape index (κ1) is 16.3. The van der Waals surface area contributed by atoms with E-state index in [0.29, 0.717) is 11.4 Å². The number of hydrogen-bond donors (Lipinski definition) is 2. The van der Waals surface area contributed by atoms with E-state index in [0.717, 1.165) is 5.69 Å². The molecule has 25 heavy (non-hydrogen) atoms. The van der Waals surface area contributed by atoms with Crippen LogP contribution < -0.4 is 10.6 Å². The summed E-state index contributed by atoms with van der Waals surface area (Å²) in [4.78, 5) is 11.4. The minimum absolute atomic E-state index is 0.406. The van der Waals surface area contributed by atoms with Crippen molar-refractivity contribution in [3.8, 4) is 6.07 Å². The predicted molar refractivity (Wildman–Crippen MR) is 96.2 cm³/mol. The Labute approximate surface area is 145 Å². The summed E-state index contributed by atoms with van der Waals surface area (Å²) in [7, 11) is 0. The molecule has 124 valence electrons. The molecule has 2 aromatic rings. The van der Waals surface area contributed by atoms with Gasteiger partial charge in [-0.2, -0.15) is 5.26 Å². The lowest BCUT2D eigenvalue weighted by Crippen LogP contribution is -2.45. The fourth-order valence-electron chi connectivity index (χ4n) is 2.63. The van der Waals surface area contributed by atoms with Gasteiger partial charge in [0.05, 0.1) is 11.0 Å². The van der Waals surface area contributed by atoms with Gasteiger partial charge in [0.1, 0.15) is 5.92 Å². The standard InChI is InChI=1S/C19H16N4O2/c20-14-15-11-12-19(23(24)25,22-17-9-5-2-6-10-17)13-18(15)21-16-7-3-1-4-8-16/h1-13,15,21-22H. The van der Waals surface area contributed by atoms with E-state index in [1.54, 1.807) is 30.3 Å². The molecule has 0 saturated carbocycles. The summed E-state index contributed by atoms with van der Waals surface area (Å²) >= 11 is 0. The molecule has 2 atom stereocenters. The number of anilines is 2. The third kappa shape index (κ3) is 3.51. The Morgan fingerprint density at radius 2 is 1.64 bits per heavy atom. The van der Waals surface area contributed by atoms with Crippen molar-refractivity contribution in [2.75, 3.05) is 10.6 Å². The van der Waals surface area contributed by atoms with E-state index in [2.05, 4.69) is 16.7 Å². The Morgan fingerprint density at radius 1 is 1.04 bits per heavy atom. The summed E-state index contributed by atoms with van der Waals surface area (Å²) in [6.45, 7) is 0. The van der Waals surface area contributed by atoms with Gasteiger partial charge in [0.25, 0.3) is 0 Å². The summed E-state index contributed by atoms with van der Waals surface area (Å²) in [5.74, 6) is -0.578. The van der Waals surface area contributed by atoms with Crippen molar-refractivity contribution in [2.45, 2.75) is 5.66 Å². The molecular formula is C19H16N4O2. The maximum Gasteiger partial charge on any atom is 0.334 e. The topological polar surface area (TPSA) is 91.0 Å². The maximum atomic E-state index is 11.8. The highest BCUT2D eigenvalue weighted by molar-refractivity contribution is 5.55. The Morgan fingerprint density at radius 3 is 2.20 bits per heavy atom. The number of nitrogens with zero attached hydrogens (tertiary/aromatic N) is 2. The lowest BCUT2D eigenvalue weighted by molar-refractivity contribution is -0.532. The molecule has 1 aliphatic carbocycles. The SMILES string of the molecule is N#CC1C=CC(Nc2ccccc2)([N+](=O)[O-])C=C1Nc1ccccc1. The Bertz CT molecular complexity index is 856. The molecule has 0 spiro atoms. The minimum Gasteiger partial charge on any atom is -0.358 e. The van der Waals surface area contributed by atoms with E-state index in [1.807, 2.05) is 36.4 Å². The molecule has 3 rings (SSSR count). The third-order valence-corrected chi connectivity index (χ3v) is 3.88. The van der Waals surface area contributed by atoms with E-state index in [1.165, 1.54) is 12.2 Å². The molecule has 1 aliphatic rings. The largest absolute Gasteiger partial charge is 0.358 e. The van der Waals surface area contributed by atoms with Crippen LogP contribution in [0.5, 0.6) is 0 Å². The van der Waals surface area contributed by atoms with Crippen LogP contribution in [0.2, 0.25) is 0 Å². The molecule has 0 heterocycles. The second kappa shape index (κ2) is 6.89. The zero-order valence-electron chi connectivity index (χ0n) is 13.3. The number of nitrogens with one attached hydrogen (secondary N) is 2. The van der Waals surface area contributed by atoms with Gasteiger partial charge < -0.3 is 10.6 Å². The molecule has 0 aromatic heterocycles. The predicted octanol–water partition coefficient (Wildman–Crippen LogP) is 3.78. The second-order valence-corrected chi connectivity index (χ2v) is 5.63. The molecule has 0 aliphatic heterocycles. The molecular weight excluding hydrogens is 316 g/mol. The van der Waals surface area contributed by atoms with Gasteiger partial charge in [0.15, 0.2) is 0 Å². The Hall–Kier alpha value is -3.59. The summed E-state index contributed by atoms with van der Waals surface area (Å²) in [5, 5.41) is 27.2. The smallest absolute Gasteiger partial charge is 0.334 e. The van der Waals surface area contributed by atoms with Gasteiger partial charge >= 0.3 is 5.66 Å². The second-order valence-electron chi connectivity index (χ2n) is 5.63. The molecule has 0 radical (unpaired) electrons. The van der Waals surface area contributed by atoms with Crippen molar-refractivity contribution >= 4 is 11.4 Å². The van der Waals surface area contributed by atoms with Crippen LogP contribution in [-0.2, 0) is 0 Å². The van der Waals surface area contributed by atoms with E-state index in [-0.39, 0.29) is 0 Å². The molecule has 0 fully saturated rings. The van der Waals surface area contributed by atoms with E-state index in [9.17, 15) is 15.4 Å². The van der Waals surface area contributed by atoms with Gasteiger partial charge in [-0.3, -0.25) is 10.1 Å². The molecule has 0 bridgehead atoms. The number of benzene rings is 2. The number of hydrogen-bond acceptors (Lipinski definition) is 5.